The number of benzene rings is 1. The molecule has 8 heteroatoms. The van der Waals surface area contributed by atoms with Crippen LogP contribution >= 0.6 is 0 Å². The fourth-order valence-electron chi connectivity index (χ4n) is 2.09. The van der Waals surface area contributed by atoms with Gasteiger partial charge in [0, 0.05) is 17.3 Å². The number of rotatable bonds is 2. The number of aromatic amines is 1. The average molecular weight is 297 g/mol. The van der Waals surface area contributed by atoms with Gasteiger partial charge in [-0.05, 0) is 36.4 Å². The van der Waals surface area contributed by atoms with Crippen LogP contribution in [0, 0.1) is 5.82 Å². The van der Waals surface area contributed by atoms with E-state index < -0.39 is 0 Å². The number of H-pyrrole nitrogens is 1. The molecule has 0 aliphatic heterocycles. The highest BCUT2D eigenvalue weighted by atomic mass is 19.1. The number of pyridine rings is 1. The van der Waals surface area contributed by atoms with E-state index in [4.69, 9.17) is 4.52 Å². The van der Waals surface area contributed by atoms with Gasteiger partial charge >= 0.3 is 5.69 Å². The summed E-state index contributed by atoms with van der Waals surface area (Å²) in [7, 11) is 0. The van der Waals surface area contributed by atoms with Gasteiger partial charge in [0.2, 0.25) is 5.82 Å². The summed E-state index contributed by atoms with van der Waals surface area (Å²) in [4.78, 5) is 15.8. The number of nitrogens with one attached hydrogen (secondary N) is 1. The molecule has 0 atom stereocenters. The highest BCUT2D eigenvalue weighted by Crippen LogP contribution is 2.22. The number of aromatic nitrogens is 5. The molecule has 1 N–H and O–H groups in total. The third-order valence-corrected chi connectivity index (χ3v) is 3.19. The van der Waals surface area contributed by atoms with Gasteiger partial charge in [0.05, 0.1) is 0 Å². The van der Waals surface area contributed by atoms with Crippen molar-refractivity contribution in [3.63, 3.8) is 0 Å². The van der Waals surface area contributed by atoms with E-state index in [1.165, 1.54) is 16.5 Å². The van der Waals surface area contributed by atoms with Crippen LogP contribution < -0.4 is 5.69 Å². The molecule has 3 aromatic heterocycles. The Morgan fingerprint density at radius 2 is 1.86 bits per heavy atom. The molecule has 0 aliphatic carbocycles. The molecule has 3 heterocycles. The number of fused-ring (bicyclic) bond motifs is 1. The van der Waals surface area contributed by atoms with Crippen molar-refractivity contribution in [3.8, 4) is 22.8 Å². The van der Waals surface area contributed by atoms with E-state index in [2.05, 4.69) is 20.3 Å². The summed E-state index contributed by atoms with van der Waals surface area (Å²) in [6.45, 7) is 0. The molecule has 4 rings (SSSR count). The smallest absolute Gasteiger partial charge is 0.334 e. The molecule has 0 saturated heterocycles. The highest BCUT2D eigenvalue weighted by Gasteiger charge is 2.12. The molecule has 0 radical (unpaired) electrons. The first-order chi connectivity index (χ1) is 10.7. The summed E-state index contributed by atoms with van der Waals surface area (Å²) >= 11 is 0. The van der Waals surface area contributed by atoms with Gasteiger partial charge in [-0.1, -0.05) is 5.16 Å². The maximum atomic E-state index is 12.9. The minimum Gasteiger partial charge on any atom is -0.334 e. The normalized spacial score (nSPS) is 11.1. The largest absolute Gasteiger partial charge is 0.347 e. The van der Waals surface area contributed by atoms with Crippen molar-refractivity contribution in [2.75, 3.05) is 0 Å². The molecule has 0 unspecified atom stereocenters. The van der Waals surface area contributed by atoms with Crippen molar-refractivity contribution in [2.24, 2.45) is 0 Å². The molecule has 0 bridgehead atoms. The minimum atomic E-state index is -0.348. The van der Waals surface area contributed by atoms with Crippen molar-refractivity contribution in [1.82, 2.24) is 24.7 Å². The first kappa shape index (κ1) is 12.5. The second-order valence-electron chi connectivity index (χ2n) is 4.60. The second kappa shape index (κ2) is 4.62. The molecule has 108 valence electrons. The van der Waals surface area contributed by atoms with Gasteiger partial charge in [-0.25, -0.2) is 18.7 Å². The average Bonchev–Trinajstić information content (AvgIpc) is 3.16. The lowest BCUT2D eigenvalue weighted by Gasteiger charge is -1.95. The molecule has 0 aliphatic rings. The van der Waals surface area contributed by atoms with Gasteiger partial charge in [0.25, 0.3) is 5.89 Å². The first-order valence-corrected chi connectivity index (χ1v) is 6.37. The van der Waals surface area contributed by atoms with Gasteiger partial charge in [0.1, 0.15) is 5.82 Å². The molecule has 0 fully saturated rings. The summed E-state index contributed by atoms with van der Waals surface area (Å²) in [6, 6.07) is 9.13. The Morgan fingerprint density at radius 3 is 2.68 bits per heavy atom. The standard InChI is InChI=1S/C14H8FN5O2/c15-10-4-1-8(2-5-10)13-16-12(19-22-13)9-3-6-11-17-18-14(21)20(11)7-9/h1-7H,(H,18,21). The van der Waals surface area contributed by atoms with E-state index in [-0.39, 0.29) is 17.4 Å². The van der Waals surface area contributed by atoms with Gasteiger partial charge in [-0.15, -0.1) is 0 Å². The van der Waals surface area contributed by atoms with Crippen LogP contribution in [0.1, 0.15) is 0 Å². The zero-order chi connectivity index (χ0) is 15.1. The summed E-state index contributed by atoms with van der Waals surface area (Å²) in [5.74, 6) is 0.261. The van der Waals surface area contributed by atoms with Crippen molar-refractivity contribution in [2.45, 2.75) is 0 Å². The maximum absolute atomic E-state index is 12.9. The zero-order valence-corrected chi connectivity index (χ0v) is 11.0. The van der Waals surface area contributed by atoms with Crippen molar-refractivity contribution in [3.05, 3.63) is 58.9 Å². The third kappa shape index (κ3) is 1.97. The van der Waals surface area contributed by atoms with Crippen molar-refractivity contribution in [1.29, 1.82) is 0 Å². The summed E-state index contributed by atoms with van der Waals surface area (Å²) in [5.41, 5.74) is 1.37. The fourth-order valence-corrected chi connectivity index (χ4v) is 2.09. The number of hydrogen-bond donors (Lipinski definition) is 1. The predicted octanol–water partition coefficient (Wildman–Crippen LogP) is 1.88. The van der Waals surface area contributed by atoms with Gasteiger partial charge in [-0.2, -0.15) is 10.1 Å². The second-order valence-corrected chi connectivity index (χ2v) is 4.60. The van der Waals surface area contributed by atoms with E-state index in [0.717, 1.165) is 0 Å². The van der Waals surface area contributed by atoms with Gasteiger partial charge in [-0.3, -0.25) is 0 Å². The quantitative estimate of drug-likeness (QED) is 0.610. The molecule has 0 amide bonds. The van der Waals surface area contributed by atoms with Crippen LogP contribution in [0.25, 0.3) is 28.5 Å². The molecule has 22 heavy (non-hydrogen) atoms. The Morgan fingerprint density at radius 1 is 1.09 bits per heavy atom. The van der Waals surface area contributed by atoms with Crippen LogP contribution in [0.5, 0.6) is 0 Å². The molecular weight excluding hydrogens is 289 g/mol. The summed E-state index contributed by atoms with van der Waals surface area (Å²) in [5, 5.41) is 10.1. The Bertz CT molecular complexity index is 1020. The Labute approximate surface area is 122 Å². The maximum Gasteiger partial charge on any atom is 0.347 e. The first-order valence-electron chi connectivity index (χ1n) is 6.37. The highest BCUT2D eigenvalue weighted by molar-refractivity contribution is 5.60. The van der Waals surface area contributed by atoms with Crippen LogP contribution in [-0.4, -0.2) is 24.7 Å². The molecular formula is C14H8FN5O2. The lowest BCUT2D eigenvalue weighted by molar-refractivity contribution is 0.432. The molecule has 0 spiro atoms. The van der Waals surface area contributed by atoms with E-state index in [1.807, 2.05) is 0 Å². The minimum absolute atomic E-state index is 0.273. The number of halogens is 1. The van der Waals surface area contributed by atoms with E-state index in [0.29, 0.717) is 22.6 Å². The van der Waals surface area contributed by atoms with Gasteiger partial charge in [0.15, 0.2) is 5.65 Å². The van der Waals surface area contributed by atoms with Crippen molar-refractivity contribution >= 4 is 5.65 Å². The van der Waals surface area contributed by atoms with Crippen LogP contribution in [0.2, 0.25) is 0 Å². The van der Waals surface area contributed by atoms with Gasteiger partial charge < -0.3 is 4.52 Å². The molecule has 7 nitrogen and oxygen atoms in total. The predicted molar refractivity (Wildman–Crippen MR) is 74.5 cm³/mol. The molecule has 0 saturated carbocycles. The van der Waals surface area contributed by atoms with E-state index in [9.17, 15) is 9.18 Å². The van der Waals surface area contributed by atoms with Crippen LogP contribution in [0.3, 0.4) is 0 Å². The summed E-state index contributed by atoms with van der Waals surface area (Å²) < 4.78 is 19.4. The van der Waals surface area contributed by atoms with E-state index >= 15 is 0 Å². The van der Waals surface area contributed by atoms with Crippen LogP contribution in [0.15, 0.2) is 51.9 Å². The van der Waals surface area contributed by atoms with Crippen molar-refractivity contribution < 1.29 is 8.91 Å². The Balaban J connectivity index is 1.77. The monoisotopic (exact) mass is 297 g/mol. The van der Waals surface area contributed by atoms with E-state index in [1.54, 1.807) is 30.5 Å². The fraction of sp³-hybridized carbons (Fsp3) is 0. The molecule has 1 aromatic carbocycles. The Hall–Kier alpha value is -3.29. The van der Waals surface area contributed by atoms with Crippen LogP contribution in [-0.2, 0) is 0 Å². The van der Waals surface area contributed by atoms with Crippen LogP contribution in [0.4, 0.5) is 4.39 Å². The lowest BCUT2D eigenvalue weighted by Crippen LogP contribution is -2.08. The summed E-state index contributed by atoms with van der Waals surface area (Å²) in [6.07, 6.45) is 1.57. The topological polar surface area (TPSA) is 89.1 Å². The Kier molecular flexibility index (Phi) is 2.62. The lowest BCUT2D eigenvalue weighted by atomic mass is 10.2. The third-order valence-electron chi connectivity index (χ3n) is 3.19. The zero-order valence-electron chi connectivity index (χ0n) is 11.0. The number of hydrogen-bond acceptors (Lipinski definition) is 5. The molecule has 4 aromatic rings. The SMILES string of the molecule is O=c1[nH]nc2ccc(-c3noc(-c4ccc(F)cc4)n3)cn12. The number of nitrogens with zero attached hydrogens (tertiary/aromatic N) is 4.